The SMILES string of the molecule is Ic1ccccc1NC#Cc1ccccc1. The summed E-state index contributed by atoms with van der Waals surface area (Å²) >= 11 is 2.28. The maximum Gasteiger partial charge on any atom is 0.0592 e. The lowest BCUT2D eigenvalue weighted by atomic mass is 10.2. The number of rotatable bonds is 1. The highest BCUT2D eigenvalue weighted by Gasteiger charge is 1.93. The number of nitrogens with one attached hydrogen (secondary N) is 1. The van der Waals surface area contributed by atoms with Crippen LogP contribution in [0.25, 0.3) is 0 Å². The van der Waals surface area contributed by atoms with Crippen LogP contribution in [0, 0.1) is 15.5 Å². The molecule has 78 valence electrons. The minimum Gasteiger partial charge on any atom is -0.314 e. The molecule has 0 aromatic heterocycles. The predicted octanol–water partition coefficient (Wildman–Crippen LogP) is 3.71. The summed E-state index contributed by atoms with van der Waals surface area (Å²) < 4.78 is 1.17. The van der Waals surface area contributed by atoms with E-state index in [2.05, 4.69) is 39.9 Å². The molecule has 2 aromatic rings. The van der Waals surface area contributed by atoms with Gasteiger partial charge in [-0.1, -0.05) is 30.3 Å². The van der Waals surface area contributed by atoms with Crippen LogP contribution >= 0.6 is 22.6 Å². The van der Waals surface area contributed by atoms with Crippen molar-refractivity contribution in [3.05, 3.63) is 63.7 Å². The van der Waals surface area contributed by atoms with Gasteiger partial charge in [-0.05, 0) is 52.8 Å². The first kappa shape index (κ1) is 11.0. The van der Waals surface area contributed by atoms with Gasteiger partial charge in [-0.15, -0.1) is 0 Å². The normalized spacial score (nSPS) is 9.06. The first-order chi connectivity index (χ1) is 7.86. The zero-order valence-electron chi connectivity index (χ0n) is 8.57. The van der Waals surface area contributed by atoms with Crippen LogP contribution in [0.4, 0.5) is 5.69 Å². The standard InChI is InChI=1S/C14H10IN/c15-13-8-4-5-9-14(13)16-11-10-12-6-2-1-3-7-12/h1-9,16H. The van der Waals surface area contributed by atoms with Gasteiger partial charge in [0.15, 0.2) is 0 Å². The van der Waals surface area contributed by atoms with E-state index in [1.807, 2.05) is 54.6 Å². The Morgan fingerprint density at radius 3 is 2.31 bits per heavy atom. The second-order valence-corrected chi connectivity index (χ2v) is 4.38. The molecule has 2 heteroatoms. The van der Waals surface area contributed by atoms with E-state index in [0.29, 0.717) is 0 Å². The van der Waals surface area contributed by atoms with Crippen molar-refractivity contribution in [1.82, 2.24) is 0 Å². The summed E-state index contributed by atoms with van der Waals surface area (Å²) in [5.74, 6) is 3.06. The third-order valence-corrected chi connectivity index (χ3v) is 2.99. The second kappa shape index (κ2) is 5.57. The molecule has 0 aliphatic rings. The Morgan fingerprint density at radius 1 is 0.875 bits per heavy atom. The van der Waals surface area contributed by atoms with Crippen LogP contribution in [-0.4, -0.2) is 0 Å². The highest BCUT2D eigenvalue weighted by atomic mass is 127. The van der Waals surface area contributed by atoms with Gasteiger partial charge in [0.05, 0.1) is 5.69 Å². The Bertz CT molecular complexity index is 523. The zero-order valence-corrected chi connectivity index (χ0v) is 10.7. The number of halogens is 1. The average molecular weight is 319 g/mol. The van der Waals surface area contributed by atoms with Crippen LogP contribution in [0.3, 0.4) is 0 Å². The second-order valence-electron chi connectivity index (χ2n) is 3.22. The molecule has 0 saturated heterocycles. The lowest BCUT2D eigenvalue weighted by Crippen LogP contribution is -1.90. The highest BCUT2D eigenvalue weighted by molar-refractivity contribution is 14.1. The number of para-hydroxylation sites is 1. The monoisotopic (exact) mass is 319 g/mol. The molecule has 0 bridgehead atoms. The molecule has 0 saturated carbocycles. The fourth-order valence-corrected chi connectivity index (χ4v) is 1.78. The summed E-state index contributed by atoms with van der Waals surface area (Å²) in [6.07, 6.45) is 0. The van der Waals surface area contributed by atoms with Crippen molar-refractivity contribution in [1.29, 1.82) is 0 Å². The molecule has 0 atom stereocenters. The van der Waals surface area contributed by atoms with Gasteiger partial charge in [-0.2, -0.15) is 0 Å². The molecule has 0 spiro atoms. The Hall–Kier alpha value is -1.47. The Labute approximate surface area is 109 Å². The average Bonchev–Trinajstić information content (AvgIpc) is 2.33. The highest BCUT2D eigenvalue weighted by Crippen LogP contribution is 2.15. The lowest BCUT2D eigenvalue weighted by molar-refractivity contribution is 1.57. The number of benzene rings is 2. The van der Waals surface area contributed by atoms with Gasteiger partial charge in [0, 0.05) is 15.2 Å². The van der Waals surface area contributed by atoms with Crippen molar-refractivity contribution in [3.8, 4) is 12.0 Å². The van der Waals surface area contributed by atoms with Gasteiger partial charge in [0.1, 0.15) is 0 Å². The Kier molecular flexibility index (Phi) is 3.84. The van der Waals surface area contributed by atoms with Crippen LogP contribution in [0.2, 0.25) is 0 Å². The molecule has 2 aromatic carbocycles. The molecule has 1 N–H and O–H groups in total. The van der Waals surface area contributed by atoms with E-state index >= 15 is 0 Å². The van der Waals surface area contributed by atoms with E-state index < -0.39 is 0 Å². The lowest BCUT2D eigenvalue weighted by Gasteiger charge is -1.99. The Balaban J connectivity index is 2.09. The van der Waals surface area contributed by atoms with Gasteiger partial charge in [0.25, 0.3) is 0 Å². The van der Waals surface area contributed by atoms with Crippen LogP contribution in [-0.2, 0) is 0 Å². The fourth-order valence-electron chi connectivity index (χ4n) is 1.25. The van der Waals surface area contributed by atoms with Crippen molar-refractivity contribution < 1.29 is 0 Å². The molecular weight excluding hydrogens is 309 g/mol. The smallest absolute Gasteiger partial charge is 0.0592 e. The molecule has 0 heterocycles. The van der Waals surface area contributed by atoms with E-state index in [4.69, 9.17) is 0 Å². The summed E-state index contributed by atoms with van der Waals surface area (Å²) in [6.45, 7) is 0. The molecule has 16 heavy (non-hydrogen) atoms. The van der Waals surface area contributed by atoms with Gasteiger partial charge >= 0.3 is 0 Å². The van der Waals surface area contributed by atoms with Crippen LogP contribution < -0.4 is 5.32 Å². The van der Waals surface area contributed by atoms with Crippen LogP contribution in [0.5, 0.6) is 0 Å². The topological polar surface area (TPSA) is 12.0 Å². The third-order valence-electron chi connectivity index (χ3n) is 2.05. The molecular formula is C14H10IN. The molecule has 2 rings (SSSR count). The number of anilines is 1. The predicted molar refractivity (Wildman–Crippen MR) is 76.1 cm³/mol. The van der Waals surface area contributed by atoms with E-state index in [1.54, 1.807) is 0 Å². The van der Waals surface area contributed by atoms with Crippen molar-refractivity contribution >= 4 is 28.3 Å². The van der Waals surface area contributed by atoms with Crippen molar-refractivity contribution in [2.45, 2.75) is 0 Å². The number of hydrogen-bond donors (Lipinski definition) is 1. The largest absolute Gasteiger partial charge is 0.314 e. The summed E-state index contributed by atoms with van der Waals surface area (Å²) in [7, 11) is 0. The summed E-state index contributed by atoms with van der Waals surface area (Å²) in [4.78, 5) is 0. The first-order valence-electron chi connectivity index (χ1n) is 4.93. The first-order valence-corrected chi connectivity index (χ1v) is 6.01. The molecule has 0 radical (unpaired) electrons. The molecule has 0 aliphatic heterocycles. The maximum atomic E-state index is 3.09. The quantitative estimate of drug-likeness (QED) is 0.480. The zero-order chi connectivity index (χ0) is 11.2. The van der Waals surface area contributed by atoms with Crippen LogP contribution in [0.1, 0.15) is 5.56 Å². The third kappa shape index (κ3) is 3.01. The van der Waals surface area contributed by atoms with Gasteiger partial charge in [-0.3, -0.25) is 0 Å². The van der Waals surface area contributed by atoms with Gasteiger partial charge in [-0.25, -0.2) is 0 Å². The van der Waals surface area contributed by atoms with E-state index in [-0.39, 0.29) is 0 Å². The van der Waals surface area contributed by atoms with Gasteiger partial charge in [0.2, 0.25) is 0 Å². The van der Waals surface area contributed by atoms with Gasteiger partial charge < -0.3 is 5.32 Å². The number of hydrogen-bond acceptors (Lipinski definition) is 1. The molecule has 0 fully saturated rings. The van der Waals surface area contributed by atoms with Crippen molar-refractivity contribution in [2.75, 3.05) is 5.32 Å². The van der Waals surface area contributed by atoms with Crippen molar-refractivity contribution in [3.63, 3.8) is 0 Å². The summed E-state index contributed by atoms with van der Waals surface area (Å²) in [5.41, 5.74) is 2.06. The maximum absolute atomic E-state index is 3.09. The minimum atomic E-state index is 1.01. The molecule has 0 unspecified atom stereocenters. The Morgan fingerprint density at radius 2 is 1.56 bits per heavy atom. The van der Waals surface area contributed by atoms with Crippen LogP contribution in [0.15, 0.2) is 54.6 Å². The molecule has 0 amide bonds. The summed E-state index contributed by atoms with van der Waals surface area (Å²) in [6, 6.07) is 21.0. The summed E-state index contributed by atoms with van der Waals surface area (Å²) in [5, 5.41) is 3.09. The van der Waals surface area contributed by atoms with Crippen molar-refractivity contribution in [2.24, 2.45) is 0 Å². The molecule has 0 aliphatic carbocycles. The fraction of sp³-hybridized carbons (Fsp3) is 0. The molecule has 1 nitrogen and oxygen atoms in total. The minimum absolute atomic E-state index is 1.01. The van der Waals surface area contributed by atoms with E-state index in [0.717, 1.165) is 11.3 Å². The van der Waals surface area contributed by atoms with E-state index in [9.17, 15) is 0 Å². The van der Waals surface area contributed by atoms with E-state index in [1.165, 1.54) is 3.57 Å².